The molecule has 1 heterocycles. The molecule has 1 amide bonds. The third-order valence-corrected chi connectivity index (χ3v) is 2.71. The Morgan fingerprint density at radius 3 is 2.79 bits per heavy atom. The molecule has 0 spiro atoms. The molecule has 78 valence electrons. The van der Waals surface area contributed by atoms with Gasteiger partial charge in [-0.2, -0.15) is 9.98 Å². The summed E-state index contributed by atoms with van der Waals surface area (Å²) < 4.78 is 0. The predicted octanol–water partition coefficient (Wildman–Crippen LogP) is 0.304. The van der Waals surface area contributed by atoms with Gasteiger partial charge in [0, 0.05) is 0 Å². The molecule has 1 aliphatic rings. The number of carbonyl (C=O) groups excluding carboxylic acids is 1. The highest BCUT2D eigenvalue weighted by molar-refractivity contribution is 8.15. The minimum Gasteiger partial charge on any atom is -0.370 e. The predicted molar refractivity (Wildman–Crippen MR) is 59.1 cm³/mol. The van der Waals surface area contributed by atoms with Crippen molar-refractivity contribution in [2.45, 2.75) is 25.5 Å². The Hall–Kier alpha value is -1.04. The molecular weight excluding hydrogens is 200 g/mol. The molecule has 0 bridgehead atoms. The quantitative estimate of drug-likeness (QED) is 0.510. The van der Waals surface area contributed by atoms with Crippen molar-refractivity contribution >= 4 is 28.8 Å². The number of guanidine groups is 1. The van der Waals surface area contributed by atoms with Crippen molar-refractivity contribution in [1.82, 2.24) is 0 Å². The number of hydrogen-bond donors (Lipinski definition) is 2. The van der Waals surface area contributed by atoms with Crippen LogP contribution in [0.3, 0.4) is 0 Å². The summed E-state index contributed by atoms with van der Waals surface area (Å²) in [6, 6.07) is 0. The number of carbonyl (C=O) groups is 1. The number of rotatable bonds is 2. The average molecular weight is 214 g/mol. The Labute approximate surface area is 87.0 Å². The molecule has 0 aromatic rings. The summed E-state index contributed by atoms with van der Waals surface area (Å²) in [5.74, 6) is 0.267. The summed E-state index contributed by atoms with van der Waals surface area (Å²) in [4.78, 5) is 18.8. The molecule has 4 N–H and O–H groups in total. The van der Waals surface area contributed by atoms with Gasteiger partial charge < -0.3 is 11.5 Å². The smallest absolute Gasteiger partial charge is 0.261 e. The van der Waals surface area contributed by atoms with Gasteiger partial charge in [0.15, 0.2) is 11.1 Å². The fourth-order valence-corrected chi connectivity index (χ4v) is 2.30. The highest BCUT2D eigenvalue weighted by Gasteiger charge is 2.28. The standard InChI is InChI=1S/C8H14N4OS/c1-4(2)3-5-6(13)11-8(14-5)12-7(9)10/h4-5H,3H2,1-2H3,(H4,9,10,11,12,13)/t5-/m1/s1. The zero-order valence-corrected chi connectivity index (χ0v) is 9.04. The first kappa shape index (κ1) is 11.0. The van der Waals surface area contributed by atoms with Crippen LogP contribution < -0.4 is 11.5 Å². The van der Waals surface area contributed by atoms with Crippen molar-refractivity contribution in [2.75, 3.05) is 0 Å². The second kappa shape index (κ2) is 4.45. The number of amides is 1. The fourth-order valence-electron chi connectivity index (χ4n) is 1.11. The van der Waals surface area contributed by atoms with Crippen LogP contribution in [0.4, 0.5) is 0 Å². The molecule has 14 heavy (non-hydrogen) atoms. The normalized spacial score (nSPS) is 21.2. The zero-order chi connectivity index (χ0) is 10.7. The van der Waals surface area contributed by atoms with Crippen molar-refractivity contribution < 1.29 is 4.79 Å². The molecule has 0 saturated carbocycles. The van der Waals surface area contributed by atoms with E-state index in [1.54, 1.807) is 0 Å². The van der Waals surface area contributed by atoms with Crippen LogP contribution in [-0.4, -0.2) is 22.3 Å². The number of amidine groups is 1. The Kier molecular flexibility index (Phi) is 3.51. The van der Waals surface area contributed by atoms with Gasteiger partial charge in [-0.15, -0.1) is 0 Å². The van der Waals surface area contributed by atoms with Crippen molar-refractivity contribution in [1.29, 1.82) is 0 Å². The molecule has 0 aromatic carbocycles. The summed E-state index contributed by atoms with van der Waals surface area (Å²) in [5.41, 5.74) is 10.4. The van der Waals surface area contributed by atoms with Crippen LogP contribution in [0.1, 0.15) is 20.3 Å². The fraction of sp³-hybridized carbons (Fsp3) is 0.625. The lowest BCUT2D eigenvalue weighted by molar-refractivity contribution is -0.117. The van der Waals surface area contributed by atoms with Gasteiger partial charge in [-0.05, 0) is 12.3 Å². The van der Waals surface area contributed by atoms with E-state index in [1.807, 2.05) is 0 Å². The molecule has 0 radical (unpaired) electrons. The van der Waals surface area contributed by atoms with Crippen molar-refractivity contribution in [2.24, 2.45) is 27.4 Å². The molecule has 1 aliphatic heterocycles. The van der Waals surface area contributed by atoms with Gasteiger partial charge in [-0.25, -0.2) is 0 Å². The molecule has 0 fully saturated rings. The maximum absolute atomic E-state index is 11.3. The molecule has 1 rings (SSSR count). The molecule has 0 saturated heterocycles. The first-order valence-corrected chi connectivity index (χ1v) is 5.26. The number of nitrogens with two attached hydrogens (primary N) is 2. The molecule has 1 atom stereocenters. The van der Waals surface area contributed by atoms with Gasteiger partial charge in [0.2, 0.25) is 0 Å². The highest BCUT2D eigenvalue weighted by Crippen LogP contribution is 2.28. The topological polar surface area (TPSA) is 93.8 Å². The van der Waals surface area contributed by atoms with E-state index in [1.165, 1.54) is 11.8 Å². The minimum absolute atomic E-state index is 0.0609. The van der Waals surface area contributed by atoms with E-state index in [-0.39, 0.29) is 17.1 Å². The second-order valence-electron chi connectivity index (χ2n) is 3.51. The maximum atomic E-state index is 11.3. The number of thioether (sulfide) groups is 1. The van der Waals surface area contributed by atoms with Crippen LogP contribution in [0.15, 0.2) is 9.98 Å². The van der Waals surface area contributed by atoms with Crippen molar-refractivity contribution in [3.8, 4) is 0 Å². The van der Waals surface area contributed by atoms with Gasteiger partial charge in [0.05, 0.1) is 5.25 Å². The van der Waals surface area contributed by atoms with E-state index < -0.39 is 0 Å². The van der Waals surface area contributed by atoms with Gasteiger partial charge >= 0.3 is 0 Å². The third kappa shape index (κ3) is 3.02. The number of hydrogen-bond acceptors (Lipinski definition) is 3. The van der Waals surface area contributed by atoms with Crippen LogP contribution in [0.5, 0.6) is 0 Å². The van der Waals surface area contributed by atoms with Crippen molar-refractivity contribution in [3.63, 3.8) is 0 Å². The monoisotopic (exact) mass is 214 g/mol. The molecule has 5 nitrogen and oxygen atoms in total. The van der Waals surface area contributed by atoms with E-state index in [9.17, 15) is 4.79 Å². The lowest BCUT2D eigenvalue weighted by atomic mass is 10.1. The SMILES string of the molecule is CC(C)C[C@H]1SC(N=C(N)N)=NC1=O. The Balaban J connectivity index is 2.60. The van der Waals surface area contributed by atoms with E-state index in [2.05, 4.69) is 23.8 Å². The summed E-state index contributed by atoms with van der Waals surface area (Å²) in [7, 11) is 0. The van der Waals surface area contributed by atoms with E-state index in [4.69, 9.17) is 11.5 Å². The minimum atomic E-state index is -0.135. The first-order valence-electron chi connectivity index (χ1n) is 4.38. The first-order chi connectivity index (χ1) is 6.49. The Morgan fingerprint density at radius 1 is 1.64 bits per heavy atom. The van der Waals surface area contributed by atoms with E-state index >= 15 is 0 Å². The third-order valence-electron chi connectivity index (χ3n) is 1.64. The van der Waals surface area contributed by atoms with Crippen LogP contribution in [-0.2, 0) is 4.79 Å². The summed E-state index contributed by atoms with van der Waals surface area (Å²) in [6.07, 6.45) is 0.802. The van der Waals surface area contributed by atoms with Crippen LogP contribution in [0, 0.1) is 5.92 Å². The second-order valence-corrected chi connectivity index (χ2v) is 4.68. The molecule has 0 unspecified atom stereocenters. The molecule has 0 aliphatic carbocycles. The van der Waals surface area contributed by atoms with Crippen LogP contribution in [0.2, 0.25) is 0 Å². The van der Waals surface area contributed by atoms with Crippen LogP contribution in [0.25, 0.3) is 0 Å². The molecular formula is C8H14N4OS. The zero-order valence-electron chi connectivity index (χ0n) is 8.23. The van der Waals surface area contributed by atoms with E-state index in [0.717, 1.165) is 6.42 Å². The summed E-state index contributed by atoms with van der Waals surface area (Å²) >= 11 is 1.33. The largest absolute Gasteiger partial charge is 0.370 e. The van der Waals surface area contributed by atoms with Gasteiger partial charge in [-0.1, -0.05) is 25.6 Å². The van der Waals surface area contributed by atoms with Gasteiger partial charge in [-0.3, -0.25) is 4.79 Å². The lowest BCUT2D eigenvalue weighted by Crippen LogP contribution is -2.23. The van der Waals surface area contributed by atoms with Gasteiger partial charge in [0.25, 0.3) is 5.91 Å². The molecule has 6 heteroatoms. The maximum Gasteiger partial charge on any atom is 0.261 e. The number of nitrogens with zero attached hydrogens (tertiary/aromatic N) is 2. The number of aliphatic imine (C=N–C) groups is 2. The van der Waals surface area contributed by atoms with Gasteiger partial charge in [0.1, 0.15) is 0 Å². The van der Waals surface area contributed by atoms with Crippen molar-refractivity contribution in [3.05, 3.63) is 0 Å². The molecule has 0 aromatic heterocycles. The lowest BCUT2D eigenvalue weighted by Gasteiger charge is -2.07. The average Bonchev–Trinajstić information content (AvgIpc) is 2.28. The van der Waals surface area contributed by atoms with Crippen LogP contribution >= 0.6 is 11.8 Å². The Bertz CT molecular complexity index is 294. The highest BCUT2D eigenvalue weighted by atomic mass is 32.2. The van der Waals surface area contributed by atoms with E-state index in [0.29, 0.717) is 11.1 Å². The summed E-state index contributed by atoms with van der Waals surface area (Å²) in [5, 5.41) is 0.258. The summed E-state index contributed by atoms with van der Waals surface area (Å²) in [6.45, 7) is 4.12. The Morgan fingerprint density at radius 2 is 2.29 bits per heavy atom.